The maximum atomic E-state index is 14.1. The van der Waals surface area contributed by atoms with Gasteiger partial charge in [0.1, 0.15) is 29.8 Å². The van der Waals surface area contributed by atoms with Gasteiger partial charge in [0, 0.05) is 25.8 Å². The molecule has 1 aromatic carbocycles. The number of epoxide rings is 1. The Bertz CT molecular complexity index is 1290. The molecule has 0 radical (unpaired) electrons. The summed E-state index contributed by atoms with van der Waals surface area (Å²) in [6, 6.07) is 7.31. The van der Waals surface area contributed by atoms with E-state index in [0.717, 1.165) is 75.3 Å². The maximum Gasteiger partial charge on any atom is 0.327 e. The number of unbranched alkanes of at least 4 members (excludes halogenated alkanes) is 4. The van der Waals surface area contributed by atoms with Crippen LogP contribution in [0.15, 0.2) is 30.3 Å². The number of hydrogen-bond acceptors (Lipinski definition) is 9. The maximum absolute atomic E-state index is 14.1. The van der Waals surface area contributed by atoms with Gasteiger partial charge >= 0.3 is 5.97 Å². The lowest BCUT2D eigenvalue weighted by Crippen LogP contribution is -2.69. The second kappa shape index (κ2) is 13.9. The average Bonchev–Trinajstić information content (AvgIpc) is 3.62. The fourth-order valence-electron chi connectivity index (χ4n) is 8.80. The molecule has 5 unspecified atom stereocenters. The predicted molar refractivity (Wildman–Crippen MR) is 173 cm³/mol. The molecule has 0 spiro atoms. The normalized spacial score (nSPS) is 36.6. The summed E-state index contributed by atoms with van der Waals surface area (Å²) in [4.78, 5) is 34.6. The highest BCUT2D eigenvalue weighted by Crippen LogP contribution is 2.58. The summed E-state index contributed by atoms with van der Waals surface area (Å²) in [6.45, 7) is 4.55. The third kappa shape index (κ3) is 6.42. The molecule has 2 saturated carbocycles. The number of aliphatic hydroxyl groups excluding tert-OH is 1. The molecule has 9 atom stereocenters. The van der Waals surface area contributed by atoms with Crippen LogP contribution in [0.1, 0.15) is 102 Å². The molecule has 2 N–H and O–H groups in total. The number of amides is 1. The van der Waals surface area contributed by atoms with Crippen molar-refractivity contribution in [2.45, 2.75) is 146 Å². The van der Waals surface area contributed by atoms with Crippen LogP contribution in [0.25, 0.3) is 6.08 Å². The number of aliphatic hydroxyl groups is 1. The number of allylic oxidation sites excluding steroid dienone is 1. The van der Waals surface area contributed by atoms with Crippen LogP contribution < -0.4 is 5.32 Å². The van der Waals surface area contributed by atoms with E-state index in [1.165, 1.54) is 6.42 Å². The Morgan fingerprint density at radius 3 is 2.45 bits per heavy atom. The highest BCUT2D eigenvalue weighted by atomic mass is 16.8. The number of benzene rings is 1. The lowest BCUT2D eigenvalue weighted by molar-refractivity contribution is -0.224. The van der Waals surface area contributed by atoms with E-state index < -0.39 is 47.6 Å². The van der Waals surface area contributed by atoms with Gasteiger partial charge in [0.15, 0.2) is 11.8 Å². The standard InChI is InChI=1S/C37H52N2O8/c1-3-5-7-17-36(18-8-6-4-2)45-30-29-22-37(35(42)38-19-20-40)32(34(41)44-29)39(47-33(37)31(30)46-36)23-26-13-10-24(11-14-26)9-12-25-15-16-27-28(21-25)43-27/h9-14,25,27-33,40H,3-8,15-23H2,1-2H3,(H,38,42)/t25?,27?,28?,29?,30-,31-,32-,33+,37?/m0/s1. The fourth-order valence-corrected chi connectivity index (χ4v) is 8.80. The zero-order valence-corrected chi connectivity index (χ0v) is 27.9. The van der Waals surface area contributed by atoms with Crippen molar-refractivity contribution in [2.24, 2.45) is 11.3 Å². The summed E-state index contributed by atoms with van der Waals surface area (Å²) in [6.07, 6.45) is 14.5. The fraction of sp³-hybridized carbons (Fsp3) is 0.730. The number of ether oxygens (including phenoxy) is 4. The van der Waals surface area contributed by atoms with Gasteiger partial charge in [-0.1, -0.05) is 75.9 Å². The molecule has 2 bridgehead atoms. The van der Waals surface area contributed by atoms with Crippen LogP contribution in [-0.2, 0) is 39.9 Å². The van der Waals surface area contributed by atoms with Crippen molar-refractivity contribution in [2.75, 3.05) is 13.2 Å². The van der Waals surface area contributed by atoms with Crippen LogP contribution in [0.2, 0.25) is 0 Å². The largest absolute Gasteiger partial charge is 0.458 e. The minimum Gasteiger partial charge on any atom is -0.458 e. The first kappa shape index (κ1) is 33.2. The van der Waals surface area contributed by atoms with Gasteiger partial charge in [-0.2, -0.15) is 5.06 Å². The summed E-state index contributed by atoms with van der Waals surface area (Å²) < 4.78 is 25.5. The average molecular weight is 653 g/mol. The predicted octanol–water partition coefficient (Wildman–Crippen LogP) is 4.82. The number of fused-ring (bicyclic) bond motifs is 5. The molecule has 1 aromatic rings. The zero-order valence-electron chi connectivity index (χ0n) is 27.9. The summed E-state index contributed by atoms with van der Waals surface area (Å²) in [7, 11) is 0. The molecule has 47 heavy (non-hydrogen) atoms. The number of esters is 1. The second-order valence-electron chi connectivity index (χ2n) is 14.6. The van der Waals surface area contributed by atoms with Crippen molar-refractivity contribution in [3.63, 3.8) is 0 Å². The molecule has 0 aromatic heterocycles. The Balaban J connectivity index is 1.13. The highest BCUT2D eigenvalue weighted by Gasteiger charge is 2.76. The van der Waals surface area contributed by atoms with Gasteiger partial charge in [-0.3, -0.25) is 14.4 Å². The molecule has 10 heteroatoms. The van der Waals surface area contributed by atoms with Crippen molar-refractivity contribution in [3.8, 4) is 0 Å². The molecule has 2 aliphatic carbocycles. The first-order chi connectivity index (χ1) is 22.9. The van der Waals surface area contributed by atoms with Gasteiger partial charge in [0.25, 0.3) is 0 Å². The van der Waals surface area contributed by atoms with Crippen LogP contribution in [0.4, 0.5) is 0 Å². The van der Waals surface area contributed by atoms with Crippen molar-refractivity contribution in [1.82, 2.24) is 10.4 Å². The van der Waals surface area contributed by atoms with Crippen molar-refractivity contribution < 1.29 is 38.5 Å². The molecule has 4 saturated heterocycles. The van der Waals surface area contributed by atoms with Gasteiger partial charge in [-0.15, -0.1) is 0 Å². The topological polar surface area (TPSA) is 119 Å². The summed E-state index contributed by atoms with van der Waals surface area (Å²) in [5.74, 6) is -1.04. The van der Waals surface area contributed by atoms with Crippen molar-refractivity contribution in [1.29, 1.82) is 0 Å². The molecule has 6 fully saturated rings. The van der Waals surface area contributed by atoms with E-state index >= 15 is 0 Å². The van der Waals surface area contributed by atoms with Crippen molar-refractivity contribution >= 4 is 18.0 Å². The van der Waals surface area contributed by atoms with Crippen molar-refractivity contribution in [3.05, 3.63) is 41.5 Å². The Hall–Kier alpha value is -2.34. The number of nitrogens with one attached hydrogen (secondary N) is 1. The first-order valence-corrected chi connectivity index (χ1v) is 18.2. The monoisotopic (exact) mass is 652 g/mol. The molecule has 1 amide bonds. The van der Waals surface area contributed by atoms with E-state index in [1.54, 1.807) is 5.06 Å². The summed E-state index contributed by atoms with van der Waals surface area (Å²) in [5, 5.41) is 14.1. The Morgan fingerprint density at radius 2 is 1.74 bits per heavy atom. The van der Waals surface area contributed by atoms with Crippen LogP contribution >= 0.6 is 0 Å². The number of rotatable bonds is 15. The molecule has 7 rings (SSSR count). The number of nitrogens with zero attached hydrogens (tertiary/aromatic N) is 1. The van der Waals surface area contributed by atoms with E-state index in [2.05, 4.69) is 43.4 Å². The van der Waals surface area contributed by atoms with Crippen LogP contribution in [0.5, 0.6) is 0 Å². The van der Waals surface area contributed by atoms with E-state index in [1.807, 2.05) is 12.1 Å². The van der Waals surface area contributed by atoms with Gasteiger partial charge in [0.2, 0.25) is 5.91 Å². The van der Waals surface area contributed by atoms with Gasteiger partial charge in [-0.25, -0.2) is 0 Å². The number of hydrogen-bond donors (Lipinski definition) is 2. The molecular formula is C37H52N2O8. The lowest BCUT2D eigenvalue weighted by Gasteiger charge is -2.48. The van der Waals surface area contributed by atoms with Crippen LogP contribution in [-0.4, -0.2) is 83.7 Å². The van der Waals surface area contributed by atoms with Gasteiger partial charge < -0.3 is 29.4 Å². The molecule has 4 aliphatic heterocycles. The minimum atomic E-state index is -1.23. The summed E-state index contributed by atoms with van der Waals surface area (Å²) in [5.41, 5.74) is 0.850. The van der Waals surface area contributed by atoms with Crippen LogP contribution in [0.3, 0.4) is 0 Å². The molecule has 258 valence electrons. The molecule has 6 aliphatic rings. The molecular weight excluding hydrogens is 600 g/mol. The number of carbonyl (C=O) groups excluding carboxylic acids is 2. The second-order valence-corrected chi connectivity index (χ2v) is 14.6. The Morgan fingerprint density at radius 1 is 1.00 bits per heavy atom. The number of hydroxylamine groups is 2. The third-order valence-corrected chi connectivity index (χ3v) is 11.3. The zero-order chi connectivity index (χ0) is 32.6. The summed E-state index contributed by atoms with van der Waals surface area (Å²) >= 11 is 0. The van der Waals surface area contributed by atoms with E-state index in [0.29, 0.717) is 24.7 Å². The first-order valence-electron chi connectivity index (χ1n) is 18.2. The minimum absolute atomic E-state index is 0.0905. The Labute approximate surface area is 278 Å². The highest BCUT2D eigenvalue weighted by molar-refractivity contribution is 5.93. The van der Waals surface area contributed by atoms with Gasteiger partial charge in [-0.05, 0) is 49.1 Å². The van der Waals surface area contributed by atoms with E-state index in [4.69, 9.17) is 23.8 Å². The lowest BCUT2D eigenvalue weighted by atomic mass is 9.62. The molecule has 4 heterocycles. The SMILES string of the molecule is CCCCCC1(CCCCC)O[C@@H]2[C@H]3ON(Cc4ccc(C=CC5CCC6OC6C5)cc4)[C@H]4C(=O)OC(CC34C(=O)NCCO)[C@@H]2O1. The smallest absolute Gasteiger partial charge is 0.327 e. The van der Waals surface area contributed by atoms with E-state index in [9.17, 15) is 14.7 Å². The molecule has 10 nitrogen and oxygen atoms in total. The van der Waals surface area contributed by atoms with E-state index in [-0.39, 0.29) is 25.5 Å². The third-order valence-electron chi connectivity index (χ3n) is 11.3. The van der Waals surface area contributed by atoms with Crippen LogP contribution in [0, 0.1) is 11.3 Å². The Kier molecular flexibility index (Phi) is 9.80. The van der Waals surface area contributed by atoms with Gasteiger partial charge in [0.05, 0.1) is 25.4 Å². The quantitative estimate of drug-likeness (QED) is 0.156. The number of carbonyl (C=O) groups is 2.